The van der Waals surface area contributed by atoms with Crippen LogP contribution in [0.25, 0.3) is 0 Å². The van der Waals surface area contributed by atoms with Gasteiger partial charge in [0.2, 0.25) is 0 Å². The Kier molecular flexibility index (Phi) is 2.82. The molecule has 0 saturated heterocycles. The SMILES string of the molecule is N#C/C=C1\C=CC=C(C(=O)O)C=C1. The van der Waals surface area contributed by atoms with Crippen molar-refractivity contribution in [2.24, 2.45) is 0 Å². The van der Waals surface area contributed by atoms with Crippen LogP contribution in [0.2, 0.25) is 0 Å². The van der Waals surface area contributed by atoms with Crippen molar-refractivity contribution in [2.75, 3.05) is 0 Å². The van der Waals surface area contributed by atoms with Crippen LogP contribution in [0.4, 0.5) is 0 Å². The summed E-state index contributed by atoms with van der Waals surface area (Å²) in [5, 5.41) is 17.0. The summed E-state index contributed by atoms with van der Waals surface area (Å²) in [6.07, 6.45) is 9.17. The molecule has 0 aromatic heterocycles. The number of carbonyl (C=O) groups is 1. The molecule has 0 amide bonds. The fourth-order valence-electron chi connectivity index (χ4n) is 0.873. The maximum Gasteiger partial charge on any atom is 0.335 e. The second kappa shape index (κ2) is 4.07. The van der Waals surface area contributed by atoms with Crippen molar-refractivity contribution >= 4 is 5.97 Å². The van der Waals surface area contributed by atoms with Crippen molar-refractivity contribution in [2.45, 2.75) is 0 Å². The van der Waals surface area contributed by atoms with Gasteiger partial charge in [-0.3, -0.25) is 0 Å². The van der Waals surface area contributed by atoms with Crippen molar-refractivity contribution in [3.8, 4) is 6.07 Å². The number of nitriles is 1. The first-order chi connectivity index (χ1) is 6.24. The van der Waals surface area contributed by atoms with Crippen molar-refractivity contribution in [1.29, 1.82) is 5.26 Å². The maximum absolute atomic E-state index is 10.5. The Morgan fingerprint density at radius 1 is 1.46 bits per heavy atom. The zero-order chi connectivity index (χ0) is 9.68. The van der Waals surface area contributed by atoms with E-state index in [1.807, 2.05) is 6.07 Å². The average Bonchev–Trinajstić information content (AvgIpc) is 2.30. The van der Waals surface area contributed by atoms with Crippen molar-refractivity contribution in [1.82, 2.24) is 0 Å². The number of carboxylic acid groups (broad SMARTS) is 1. The average molecular weight is 173 g/mol. The van der Waals surface area contributed by atoms with Crippen LogP contribution in [-0.4, -0.2) is 11.1 Å². The number of nitrogens with zero attached hydrogens (tertiary/aromatic N) is 1. The molecule has 0 fully saturated rings. The third-order valence-corrected chi connectivity index (χ3v) is 1.50. The van der Waals surface area contributed by atoms with Crippen LogP contribution in [0.5, 0.6) is 0 Å². The smallest absolute Gasteiger partial charge is 0.335 e. The Hall–Kier alpha value is -2.08. The largest absolute Gasteiger partial charge is 0.478 e. The molecule has 0 saturated carbocycles. The molecule has 1 N–H and O–H groups in total. The van der Waals surface area contributed by atoms with Crippen LogP contribution in [-0.2, 0) is 4.79 Å². The minimum atomic E-state index is -0.973. The van der Waals surface area contributed by atoms with E-state index in [0.717, 1.165) is 0 Å². The van der Waals surface area contributed by atoms with E-state index in [9.17, 15) is 4.79 Å². The molecule has 3 heteroatoms. The molecule has 0 atom stereocenters. The molecule has 13 heavy (non-hydrogen) atoms. The minimum absolute atomic E-state index is 0.206. The zero-order valence-corrected chi connectivity index (χ0v) is 6.77. The number of aliphatic carboxylic acids is 1. The second-order valence-electron chi connectivity index (χ2n) is 2.39. The third kappa shape index (κ3) is 2.46. The molecule has 0 spiro atoms. The van der Waals surface area contributed by atoms with Crippen LogP contribution < -0.4 is 0 Å². The normalized spacial score (nSPS) is 17.8. The van der Waals surface area contributed by atoms with Gasteiger partial charge >= 0.3 is 5.97 Å². The van der Waals surface area contributed by atoms with Gasteiger partial charge < -0.3 is 5.11 Å². The summed E-state index contributed by atoms with van der Waals surface area (Å²) in [6, 6.07) is 1.87. The second-order valence-corrected chi connectivity index (χ2v) is 2.39. The Labute approximate surface area is 75.6 Å². The molecule has 1 aliphatic rings. The monoisotopic (exact) mass is 173 g/mol. The number of rotatable bonds is 1. The van der Waals surface area contributed by atoms with Gasteiger partial charge in [-0.05, 0) is 17.7 Å². The van der Waals surface area contributed by atoms with E-state index in [2.05, 4.69) is 0 Å². The molecule has 1 rings (SSSR count). The Morgan fingerprint density at radius 3 is 2.85 bits per heavy atom. The number of allylic oxidation sites excluding steroid dienone is 6. The van der Waals surface area contributed by atoms with Gasteiger partial charge in [-0.1, -0.05) is 18.2 Å². The predicted molar refractivity (Wildman–Crippen MR) is 47.7 cm³/mol. The van der Waals surface area contributed by atoms with Gasteiger partial charge in [0.1, 0.15) is 0 Å². The summed E-state index contributed by atoms with van der Waals surface area (Å²) in [5.74, 6) is -0.973. The van der Waals surface area contributed by atoms with Crippen LogP contribution in [0, 0.1) is 11.3 Å². The van der Waals surface area contributed by atoms with E-state index in [-0.39, 0.29) is 5.57 Å². The summed E-state index contributed by atoms with van der Waals surface area (Å²) >= 11 is 0. The van der Waals surface area contributed by atoms with E-state index < -0.39 is 5.97 Å². The number of hydrogen-bond donors (Lipinski definition) is 1. The minimum Gasteiger partial charge on any atom is -0.478 e. The molecule has 0 aromatic rings. The predicted octanol–water partition coefficient (Wildman–Crippen LogP) is 1.57. The summed E-state index contributed by atoms with van der Waals surface area (Å²) in [5.41, 5.74) is 0.896. The van der Waals surface area contributed by atoms with Gasteiger partial charge in [-0.25, -0.2) is 4.79 Å². The highest BCUT2D eigenvalue weighted by Crippen LogP contribution is 2.08. The van der Waals surface area contributed by atoms with Crippen LogP contribution in [0.1, 0.15) is 0 Å². The lowest BCUT2D eigenvalue weighted by molar-refractivity contribution is -0.132. The molecular weight excluding hydrogens is 166 g/mol. The third-order valence-electron chi connectivity index (χ3n) is 1.50. The lowest BCUT2D eigenvalue weighted by Crippen LogP contribution is -1.96. The summed E-state index contributed by atoms with van der Waals surface area (Å²) in [4.78, 5) is 10.5. The zero-order valence-electron chi connectivity index (χ0n) is 6.77. The van der Waals surface area contributed by atoms with E-state index in [1.165, 1.54) is 18.2 Å². The van der Waals surface area contributed by atoms with Gasteiger partial charge in [0.15, 0.2) is 0 Å². The highest BCUT2D eigenvalue weighted by Gasteiger charge is 2.02. The molecule has 0 heterocycles. The summed E-state index contributed by atoms with van der Waals surface area (Å²) in [7, 11) is 0. The van der Waals surface area contributed by atoms with Crippen molar-refractivity contribution in [3.63, 3.8) is 0 Å². The standard InChI is InChI=1S/C10H7NO2/c11-7-6-8-2-1-3-9(5-4-8)10(12)13/h1-6H,(H,12,13)/b8-6+. The van der Waals surface area contributed by atoms with Gasteiger partial charge in [0.05, 0.1) is 11.6 Å². The summed E-state index contributed by atoms with van der Waals surface area (Å²) < 4.78 is 0. The van der Waals surface area contributed by atoms with Crippen LogP contribution in [0.15, 0.2) is 47.6 Å². The highest BCUT2D eigenvalue weighted by molar-refractivity contribution is 5.90. The lowest BCUT2D eigenvalue weighted by Gasteiger charge is -1.88. The fraction of sp³-hybridized carbons (Fsp3) is 0. The van der Waals surface area contributed by atoms with Gasteiger partial charge in [0, 0.05) is 6.08 Å². The van der Waals surface area contributed by atoms with Gasteiger partial charge in [0.25, 0.3) is 0 Å². The van der Waals surface area contributed by atoms with E-state index in [4.69, 9.17) is 10.4 Å². The quantitative estimate of drug-likeness (QED) is 0.612. The molecule has 0 unspecified atom stereocenters. The van der Waals surface area contributed by atoms with E-state index in [0.29, 0.717) is 5.57 Å². The fourth-order valence-corrected chi connectivity index (χ4v) is 0.873. The molecule has 0 aromatic carbocycles. The summed E-state index contributed by atoms with van der Waals surface area (Å²) in [6.45, 7) is 0. The Bertz CT molecular complexity index is 378. The Morgan fingerprint density at radius 2 is 2.23 bits per heavy atom. The van der Waals surface area contributed by atoms with Gasteiger partial charge in [-0.2, -0.15) is 5.26 Å². The molecule has 64 valence electrons. The first-order valence-corrected chi connectivity index (χ1v) is 3.63. The molecule has 0 aliphatic heterocycles. The lowest BCUT2D eigenvalue weighted by atomic mass is 10.2. The molecule has 0 radical (unpaired) electrons. The first-order valence-electron chi connectivity index (χ1n) is 3.63. The maximum atomic E-state index is 10.5. The molecule has 3 nitrogen and oxygen atoms in total. The molecule has 1 aliphatic carbocycles. The molecule has 0 bridgehead atoms. The highest BCUT2D eigenvalue weighted by atomic mass is 16.4. The van der Waals surface area contributed by atoms with Gasteiger partial charge in [-0.15, -0.1) is 0 Å². The molecular formula is C10H7NO2. The number of carboxylic acids is 1. The first kappa shape index (κ1) is 9.01. The Balaban J connectivity index is 2.95. The van der Waals surface area contributed by atoms with Crippen molar-refractivity contribution < 1.29 is 9.90 Å². The van der Waals surface area contributed by atoms with E-state index in [1.54, 1.807) is 18.2 Å². The van der Waals surface area contributed by atoms with E-state index >= 15 is 0 Å². The van der Waals surface area contributed by atoms with Crippen LogP contribution >= 0.6 is 0 Å². The van der Waals surface area contributed by atoms with Crippen molar-refractivity contribution in [3.05, 3.63) is 47.6 Å². The van der Waals surface area contributed by atoms with Crippen LogP contribution in [0.3, 0.4) is 0 Å². The topological polar surface area (TPSA) is 61.1 Å². The number of hydrogen-bond acceptors (Lipinski definition) is 2.